The summed E-state index contributed by atoms with van der Waals surface area (Å²) >= 11 is 5.89. The number of nitrogens with zero attached hydrogens (tertiary/aromatic N) is 1. The van der Waals surface area contributed by atoms with Gasteiger partial charge in [-0.3, -0.25) is 19.2 Å². The van der Waals surface area contributed by atoms with Gasteiger partial charge in [0.1, 0.15) is 12.1 Å². The number of carbonyl (C=O) groups excluding carboxylic acids is 4. The van der Waals surface area contributed by atoms with E-state index in [4.69, 9.17) is 17.0 Å². The van der Waals surface area contributed by atoms with Gasteiger partial charge in [0.05, 0.1) is 6.21 Å². The standard InChI is InChI=1S/C25H29ClN4O4/c1-17(31)30(2)23(14-18-6-4-3-5-7-18)25(34)29-22(13-12-21(32)15-27)24(33)28-16-19-8-10-20(26)11-9-19/h3-11,15,22-23,27H,12-14,16H2,1-2H3,(H,28,33)(H,29,34)/t22-,23-/m0/s1. The second-order valence-corrected chi connectivity index (χ2v) is 8.33. The van der Waals surface area contributed by atoms with Gasteiger partial charge in [-0.15, -0.1) is 0 Å². The summed E-state index contributed by atoms with van der Waals surface area (Å²) < 4.78 is 0. The van der Waals surface area contributed by atoms with E-state index in [2.05, 4.69) is 10.6 Å². The van der Waals surface area contributed by atoms with Crippen LogP contribution in [0.3, 0.4) is 0 Å². The molecule has 180 valence electrons. The van der Waals surface area contributed by atoms with Crippen molar-refractivity contribution in [3.05, 3.63) is 70.7 Å². The number of amides is 3. The molecule has 0 aliphatic carbocycles. The number of carbonyl (C=O) groups is 4. The molecule has 0 bridgehead atoms. The summed E-state index contributed by atoms with van der Waals surface area (Å²) in [5, 5.41) is 13.1. The van der Waals surface area contributed by atoms with Crippen molar-refractivity contribution < 1.29 is 19.2 Å². The van der Waals surface area contributed by atoms with Gasteiger partial charge >= 0.3 is 0 Å². The summed E-state index contributed by atoms with van der Waals surface area (Å²) in [6, 6.07) is 14.3. The molecule has 34 heavy (non-hydrogen) atoms. The number of likely N-dealkylation sites (N-methyl/N-ethyl adjacent to an activating group) is 1. The number of nitrogens with one attached hydrogen (secondary N) is 3. The predicted molar refractivity (Wildman–Crippen MR) is 131 cm³/mol. The molecule has 2 aromatic carbocycles. The number of hydrogen-bond acceptors (Lipinski definition) is 5. The van der Waals surface area contributed by atoms with E-state index < -0.39 is 29.7 Å². The molecular weight excluding hydrogens is 456 g/mol. The first-order valence-corrected chi connectivity index (χ1v) is 11.2. The minimum absolute atomic E-state index is 0.0221. The predicted octanol–water partition coefficient (Wildman–Crippen LogP) is 2.53. The molecule has 0 aliphatic heterocycles. The van der Waals surface area contributed by atoms with Crippen molar-refractivity contribution in [2.24, 2.45) is 0 Å². The van der Waals surface area contributed by atoms with Crippen LogP contribution in [0, 0.1) is 5.41 Å². The SMILES string of the molecule is CC(=O)N(C)[C@@H](Cc1ccccc1)C(=O)N[C@@H](CCC(=O)C=N)C(=O)NCc1ccc(Cl)cc1. The Bertz CT molecular complexity index is 1010. The summed E-state index contributed by atoms with van der Waals surface area (Å²) in [4.78, 5) is 51.1. The number of hydrogen-bond donors (Lipinski definition) is 3. The van der Waals surface area contributed by atoms with Crippen molar-refractivity contribution in [3.63, 3.8) is 0 Å². The summed E-state index contributed by atoms with van der Waals surface area (Å²) in [5.41, 5.74) is 1.68. The van der Waals surface area contributed by atoms with Crippen LogP contribution in [0.1, 0.15) is 30.9 Å². The molecule has 2 aromatic rings. The highest BCUT2D eigenvalue weighted by atomic mass is 35.5. The molecule has 0 aromatic heterocycles. The van der Waals surface area contributed by atoms with Crippen LogP contribution in [0.15, 0.2) is 54.6 Å². The third-order valence-electron chi connectivity index (χ3n) is 5.39. The minimum Gasteiger partial charge on any atom is -0.350 e. The van der Waals surface area contributed by atoms with Crippen LogP contribution in [0.2, 0.25) is 5.02 Å². The van der Waals surface area contributed by atoms with Crippen LogP contribution in [0.25, 0.3) is 0 Å². The maximum Gasteiger partial charge on any atom is 0.243 e. The summed E-state index contributed by atoms with van der Waals surface area (Å²) in [5.74, 6) is -1.72. The molecule has 0 saturated heterocycles. The molecule has 9 heteroatoms. The van der Waals surface area contributed by atoms with Crippen molar-refractivity contribution in [2.45, 2.75) is 44.8 Å². The molecule has 2 atom stereocenters. The monoisotopic (exact) mass is 484 g/mol. The maximum absolute atomic E-state index is 13.2. The first kappa shape index (κ1) is 26.7. The van der Waals surface area contributed by atoms with Crippen LogP contribution in [0.5, 0.6) is 0 Å². The van der Waals surface area contributed by atoms with E-state index in [1.807, 2.05) is 30.3 Å². The lowest BCUT2D eigenvalue weighted by Crippen LogP contribution is -2.54. The first-order valence-electron chi connectivity index (χ1n) is 10.8. The van der Waals surface area contributed by atoms with E-state index in [1.54, 1.807) is 24.3 Å². The van der Waals surface area contributed by atoms with Crippen molar-refractivity contribution in [2.75, 3.05) is 7.05 Å². The number of Topliss-reactive ketones (excluding diaryl/α,β-unsaturated/α-hetero) is 1. The van der Waals surface area contributed by atoms with Crippen LogP contribution in [0.4, 0.5) is 0 Å². The Hall–Kier alpha value is -3.52. The number of benzene rings is 2. The molecule has 0 heterocycles. The lowest BCUT2D eigenvalue weighted by Gasteiger charge is -2.28. The summed E-state index contributed by atoms with van der Waals surface area (Å²) in [6.07, 6.45) is 0.899. The average molecular weight is 485 g/mol. The van der Waals surface area contributed by atoms with Crippen LogP contribution >= 0.6 is 11.6 Å². The molecule has 2 rings (SSSR count). The van der Waals surface area contributed by atoms with Crippen molar-refractivity contribution in [1.82, 2.24) is 15.5 Å². The van der Waals surface area contributed by atoms with Gasteiger partial charge in [0, 0.05) is 38.4 Å². The van der Waals surface area contributed by atoms with Crippen LogP contribution in [-0.4, -0.2) is 53.8 Å². The van der Waals surface area contributed by atoms with Crippen LogP contribution in [-0.2, 0) is 32.1 Å². The molecule has 8 nitrogen and oxygen atoms in total. The Balaban J connectivity index is 2.16. The zero-order valence-corrected chi connectivity index (χ0v) is 20.0. The first-order chi connectivity index (χ1) is 16.2. The lowest BCUT2D eigenvalue weighted by molar-refractivity contribution is -0.138. The van der Waals surface area contributed by atoms with Crippen molar-refractivity contribution in [1.29, 1.82) is 5.41 Å². The lowest BCUT2D eigenvalue weighted by atomic mass is 10.0. The van der Waals surface area contributed by atoms with E-state index in [9.17, 15) is 19.2 Å². The van der Waals surface area contributed by atoms with Gasteiger partial charge in [0.25, 0.3) is 0 Å². The normalized spacial score (nSPS) is 12.2. The average Bonchev–Trinajstić information content (AvgIpc) is 2.84. The Labute approximate surface area is 204 Å². The fourth-order valence-electron chi connectivity index (χ4n) is 3.27. The van der Waals surface area contributed by atoms with Crippen LogP contribution < -0.4 is 10.6 Å². The zero-order chi connectivity index (χ0) is 25.1. The minimum atomic E-state index is -1.01. The van der Waals surface area contributed by atoms with E-state index in [-0.39, 0.29) is 31.7 Å². The summed E-state index contributed by atoms with van der Waals surface area (Å²) in [7, 11) is 1.53. The molecule has 0 radical (unpaired) electrons. The maximum atomic E-state index is 13.2. The van der Waals surface area contributed by atoms with E-state index in [1.165, 1.54) is 18.9 Å². The topological polar surface area (TPSA) is 119 Å². The molecule has 0 fully saturated rings. The molecule has 0 aliphatic rings. The van der Waals surface area contributed by atoms with Gasteiger partial charge in [-0.1, -0.05) is 54.1 Å². The van der Waals surface area contributed by atoms with Gasteiger partial charge < -0.3 is 20.9 Å². The largest absolute Gasteiger partial charge is 0.350 e. The molecule has 3 amide bonds. The molecule has 0 unspecified atom stereocenters. The third-order valence-corrected chi connectivity index (χ3v) is 5.64. The smallest absolute Gasteiger partial charge is 0.243 e. The molecular formula is C25H29ClN4O4. The van der Waals surface area contributed by atoms with E-state index in [0.29, 0.717) is 11.2 Å². The number of ketones is 1. The second kappa shape index (κ2) is 13.3. The van der Waals surface area contributed by atoms with Gasteiger partial charge in [0.2, 0.25) is 17.7 Å². The van der Waals surface area contributed by atoms with E-state index >= 15 is 0 Å². The Morgan fingerprint density at radius 1 is 1.00 bits per heavy atom. The van der Waals surface area contributed by atoms with Gasteiger partial charge in [-0.05, 0) is 29.7 Å². The fourth-order valence-corrected chi connectivity index (χ4v) is 3.40. The van der Waals surface area contributed by atoms with Gasteiger partial charge in [0.15, 0.2) is 5.78 Å². The highest BCUT2D eigenvalue weighted by molar-refractivity contribution is 6.30. The van der Waals surface area contributed by atoms with E-state index in [0.717, 1.165) is 11.1 Å². The van der Waals surface area contributed by atoms with Crippen molar-refractivity contribution >= 4 is 41.3 Å². The quantitative estimate of drug-likeness (QED) is 0.401. The van der Waals surface area contributed by atoms with Gasteiger partial charge in [-0.2, -0.15) is 0 Å². The summed E-state index contributed by atoms with van der Waals surface area (Å²) in [6.45, 7) is 1.58. The molecule has 0 saturated carbocycles. The van der Waals surface area contributed by atoms with Crippen molar-refractivity contribution in [3.8, 4) is 0 Å². The zero-order valence-electron chi connectivity index (χ0n) is 19.2. The Morgan fingerprint density at radius 3 is 2.24 bits per heavy atom. The number of rotatable bonds is 12. The highest BCUT2D eigenvalue weighted by Crippen LogP contribution is 2.11. The third kappa shape index (κ3) is 8.44. The molecule has 0 spiro atoms. The fraction of sp³-hybridized carbons (Fsp3) is 0.320. The number of halogens is 1. The Morgan fingerprint density at radius 2 is 1.65 bits per heavy atom. The van der Waals surface area contributed by atoms with Gasteiger partial charge in [-0.25, -0.2) is 0 Å². The second-order valence-electron chi connectivity index (χ2n) is 7.89. The highest BCUT2D eigenvalue weighted by Gasteiger charge is 2.29. The Kier molecular flexibility index (Phi) is 10.4. The molecule has 3 N–H and O–H groups in total.